The van der Waals surface area contributed by atoms with Crippen molar-refractivity contribution in [3.63, 3.8) is 0 Å². The predicted molar refractivity (Wildman–Crippen MR) is 166 cm³/mol. The molecule has 226 valence electrons. The second-order valence-electron chi connectivity index (χ2n) is 9.73. The number of sulfonamides is 1. The Bertz CT molecular complexity index is 1680. The molecule has 43 heavy (non-hydrogen) atoms. The number of carbonyl (C=O) groups excluding carboxylic acids is 1. The summed E-state index contributed by atoms with van der Waals surface area (Å²) < 4.78 is 57.6. The van der Waals surface area contributed by atoms with Gasteiger partial charge in [0.15, 0.2) is 6.61 Å². The van der Waals surface area contributed by atoms with E-state index in [2.05, 4.69) is 4.72 Å². The van der Waals surface area contributed by atoms with E-state index in [1.54, 1.807) is 55.5 Å². The van der Waals surface area contributed by atoms with Crippen molar-refractivity contribution >= 4 is 39.0 Å². The van der Waals surface area contributed by atoms with Gasteiger partial charge in [0.25, 0.3) is 0 Å². The quantitative estimate of drug-likeness (QED) is 0.158. The molecule has 4 aromatic rings. The summed E-state index contributed by atoms with van der Waals surface area (Å²) in [5.74, 6) is 0.690. The summed E-state index contributed by atoms with van der Waals surface area (Å²) in [5.41, 5.74) is 3.23. The molecular weight excluding hydrogens is 595 g/mol. The lowest BCUT2D eigenvalue weighted by Crippen LogP contribution is -2.24. The summed E-state index contributed by atoms with van der Waals surface area (Å²) in [7, 11) is -3.50. The van der Waals surface area contributed by atoms with Crippen molar-refractivity contribution < 1.29 is 31.8 Å². The normalized spacial score (nSPS) is 11.1. The largest absolute Gasteiger partial charge is 0.482 e. The zero-order valence-corrected chi connectivity index (χ0v) is 25.5. The zero-order chi connectivity index (χ0) is 31.0. The Morgan fingerprint density at radius 1 is 0.930 bits per heavy atom. The molecule has 11 heteroatoms. The number of nitrogens with zero attached hydrogens (tertiary/aromatic N) is 1. The molecule has 1 N–H and O–H groups in total. The van der Waals surface area contributed by atoms with Crippen LogP contribution < -0.4 is 19.1 Å². The van der Waals surface area contributed by atoms with Gasteiger partial charge in [-0.15, -0.1) is 0 Å². The van der Waals surface area contributed by atoms with E-state index >= 15 is 0 Å². The van der Waals surface area contributed by atoms with Crippen molar-refractivity contribution in [2.75, 3.05) is 29.1 Å². The molecule has 4 rings (SSSR count). The Labute approximate surface area is 256 Å². The number of hydrogen-bond acceptors (Lipinski definition) is 7. The van der Waals surface area contributed by atoms with Crippen molar-refractivity contribution in [2.45, 2.75) is 26.9 Å². The third-order valence-electron chi connectivity index (χ3n) is 6.32. The smallest absolute Gasteiger partial charge is 0.344 e. The summed E-state index contributed by atoms with van der Waals surface area (Å²) in [6, 6.07) is 24.2. The van der Waals surface area contributed by atoms with Crippen molar-refractivity contribution in [3.8, 4) is 17.2 Å². The summed E-state index contributed by atoms with van der Waals surface area (Å²) in [4.78, 5) is 13.5. The fraction of sp³-hybridized carbons (Fsp3) is 0.219. The van der Waals surface area contributed by atoms with Gasteiger partial charge in [0, 0.05) is 35.4 Å². The third kappa shape index (κ3) is 9.36. The fourth-order valence-corrected chi connectivity index (χ4v) is 5.13. The van der Waals surface area contributed by atoms with E-state index in [4.69, 9.17) is 25.8 Å². The van der Waals surface area contributed by atoms with E-state index < -0.39 is 21.8 Å². The van der Waals surface area contributed by atoms with Gasteiger partial charge in [-0.1, -0.05) is 41.9 Å². The number of hydrogen-bond donors (Lipinski definition) is 1. The summed E-state index contributed by atoms with van der Waals surface area (Å²) in [6.45, 7) is 4.23. The SMILES string of the molecule is CCOC(=O)COc1cccc(Oc2ccc(CN(Cc3ccc(Cl)cc3F)c3cccc(NS(C)(=O)=O)c3C)cc2)c1. The molecule has 4 aromatic carbocycles. The maximum Gasteiger partial charge on any atom is 0.344 e. The van der Waals surface area contributed by atoms with Crippen molar-refractivity contribution in [2.24, 2.45) is 0 Å². The standard InChI is InChI=1S/C32H32ClFN2O6S/c1-4-40-32(37)21-41-27-7-5-8-28(18-27)42-26-15-11-23(12-16-26)19-36(20-24-13-14-25(33)17-29(24)34)31-10-6-9-30(22(31)2)35-43(3,38)39/h5-18,35H,4,19-21H2,1-3H3. The number of nitrogens with one attached hydrogen (secondary N) is 1. The summed E-state index contributed by atoms with van der Waals surface area (Å²) >= 11 is 5.97. The molecule has 0 amide bonds. The number of carbonyl (C=O) groups is 1. The molecule has 0 atom stereocenters. The molecule has 0 saturated heterocycles. The maximum atomic E-state index is 14.8. The number of ether oxygens (including phenoxy) is 3. The second-order valence-corrected chi connectivity index (χ2v) is 11.9. The molecule has 0 heterocycles. The lowest BCUT2D eigenvalue weighted by molar-refractivity contribution is -0.145. The highest BCUT2D eigenvalue weighted by atomic mass is 35.5. The molecule has 0 aliphatic rings. The Balaban J connectivity index is 1.54. The highest BCUT2D eigenvalue weighted by molar-refractivity contribution is 7.92. The van der Waals surface area contributed by atoms with Gasteiger partial charge in [-0.2, -0.15) is 0 Å². The minimum atomic E-state index is -3.50. The van der Waals surface area contributed by atoms with Crippen LogP contribution in [0.25, 0.3) is 0 Å². The Morgan fingerprint density at radius 3 is 2.35 bits per heavy atom. The average molecular weight is 627 g/mol. The van der Waals surface area contributed by atoms with Gasteiger partial charge in [-0.25, -0.2) is 17.6 Å². The molecule has 0 radical (unpaired) electrons. The van der Waals surface area contributed by atoms with Gasteiger partial charge in [0.05, 0.1) is 18.6 Å². The fourth-order valence-electron chi connectivity index (χ4n) is 4.35. The van der Waals surface area contributed by atoms with Crippen LogP contribution in [0.1, 0.15) is 23.6 Å². The molecule has 0 saturated carbocycles. The van der Waals surface area contributed by atoms with Crippen LogP contribution in [0.2, 0.25) is 5.02 Å². The number of rotatable bonds is 13. The number of benzene rings is 4. The minimum absolute atomic E-state index is 0.199. The van der Waals surface area contributed by atoms with E-state index in [1.165, 1.54) is 6.07 Å². The first-order valence-corrected chi connectivity index (χ1v) is 15.7. The maximum absolute atomic E-state index is 14.8. The van der Waals surface area contributed by atoms with E-state index in [9.17, 15) is 17.6 Å². The topological polar surface area (TPSA) is 94.2 Å². The monoisotopic (exact) mass is 626 g/mol. The Kier molecular flexibility index (Phi) is 10.5. The highest BCUT2D eigenvalue weighted by Gasteiger charge is 2.17. The van der Waals surface area contributed by atoms with Crippen molar-refractivity contribution in [3.05, 3.63) is 112 Å². The van der Waals surface area contributed by atoms with Crippen molar-refractivity contribution in [1.29, 1.82) is 0 Å². The zero-order valence-electron chi connectivity index (χ0n) is 24.0. The minimum Gasteiger partial charge on any atom is -0.482 e. The van der Waals surface area contributed by atoms with E-state index in [0.717, 1.165) is 17.5 Å². The molecule has 0 bridgehead atoms. The molecule has 0 aromatic heterocycles. The van der Waals surface area contributed by atoms with Gasteiger partial charge in [-0.05, 0) is 73.5 Å². The van der Waals surface area contributed by atoms with Gasteiger partial charge < -0.3 is 19.1 Å². The van der Waals surface area contributed by atoms with Crippen molar-refractivity contribution in [1.82, 2.24) is 0 Å². The van der Waals surface area contributed by atoms with Gasteiger partial charge in [0.2, 0.25) is 10.0 Å². The van der Waals surface area contributed by atoms with Gasteiger partial charge in [0.1, 0.15) is 23.1 Å². The molecule has 0 aliphatic heterocycles. The van der Waals surface area contributed by atoms with E-state index in [-0.39, 0.29) is 19.8 Å². The molecule has 8 nitrogen and oxygen atoms in total. The van der Waals surface area contributed by atoms with Crippen LogP contribution in [0.5, 0.6) is 17.2 Å². The number of halogens is 2. The predicted octanol–water partition coefficient (Wildman–Crippen LogP) is 7.10. The molecular formula is C32H32ClFN2O6S. The van der Waals surface area contributed by atoms with Crippen LogP contribution in [0.4, 0.5) is 15.8 Å². The number of anilines is 2. The molecule has 0 unspecified atom stereocenters. The van der Waals surface area contributed by atoms with Crippen LogP contribution in [0.3, 0.4) is 0 Å². The first kappa shape index (κ1) is 31.7. The Morgan fingerprint density at radius 2 is 1.65 bits per heavy atom. The van der Waals surface area contributed by atoms with Crippen LogP contribution in [-0.4, -0.2) is 33.9 Å². The van der Waals surface area contributed by atoms with Gasteiger partial charge in [-0.3, -0.25) is 4.72 Å². The third-order valence-corrected chi connectivity index (χ3v) is 7.14. The average Bonchev–Trinajstić information content (AvgIpc) is 2.95. The lowest BCUT2D eigenvalue weighted by atomic mass is 10.1. The molecule has 0 fully saturated rings. The molecule has 0 aliphatic carbocycles. The first-order chi connectivity index (χ1) is 20.5. The van der Waals surface area contributed by atoms with Gasteiger partial charge >= 0.3 is 5.97 Å². The highest BCUT2D eigenvalue weighted by Crippen LogP contribution is 2.31. The van der Waals surface area contributed by atoms with E-state index in [1.807, 2.05) is 42.2 Å². The Hall–Kier alpha value is -4.28. The lowest BCUT2D eigenvalue weighted by Gasteiger charge is -2.28. The number of esters is 1. The van der Waals surface area contributed by atoms with E-state index in [0.29, 0.717) is 45.6 Å². The van der Waals surface area contributed by atoms with Crippen LogP contribution in [0.15, 0.2) is 84.9 Å². The first-order valence-electron chi connectivity index (χ1n) is 13.4. The van der Waals surface area contributed by atoms with Crippen LogP contribution in [-0.2, 0) is 32.6 Å². The summed E-state index contributed by atoms with van der Waals surface area (Å²) in [6.07, 6.45) is 1.09. The van der Waals surface area contributed by atoms with Crippen LogP contribution in [0, 0.1) is 12.7 Å². The molecule has 0 spiro atoms. The van der Waals surface area contributed by atoms with Crippen LogP contribution >= 0.6 is 11.6 Å². The second kappa shape index (κ2) is 14.3. The summed E-state index contributed by atoms with van der Waals surface area (Å²) in [5, 5.41) is 0.301.